The first-order valence-electron chi connectivity index (χ1n) is 7.98. The largest absolute Gasteiger partial charge is 0.481 e. The van der Waals surface area contributed by atoms with Crippen LogP contribution in [0.2, 0.25) is 0 Å². The highest BCUT2D eigenvalue weighted by Gasteiger charge is 2.35. The molecule has 28 heavy (non-hydrogen) atoms. The van der Waals surface area contributed by atoms with Crippen molar-refractivity contribution in [2.75, 3.05) is 6.61 Å². The molecular weight excluding hydrogens is 514 g/mol. The Hall–Kier alpha value is -2.10. The highest BCUT2D eigenvalue weighted by molar-refractivity contribution is 9.10. The fourth-order valence-electron chi connectivity index (χ4n) is 2.48. The molecule has 2 aromatic rings. The molecule has 3 rings (SSSR count). The van der Waals surface area contributed by atoms with Gasteiger partial charge >= 0.3 is 5.97 Å². The van der Waals surface area contributed by atoms with E-state index in [1.807, 2.05) is 24.3 Å². The van der Waals surface area contributed by atoms with Crippen molar-refractivity contribution in [2.45, 2.75) is 6.54 Å². The maximum atomic E-state index is 12.8. The van der Waals surface area contributed by atoms with Gasteiger partial charge in [0.25, 0.3) is 11.1 Å². The quantitative estimate of drug-likeness (QED) is 0.538. The van der Waals surface area contributed by atoms with E-state index in [0.717, 1.165) is 26.3 Å². The van der Waals surface area contributed by atoms with E-state index in [9.17, 15) is 14.4 Å². The summed E-state index contributed by atoms with van der Waals surface area (Å²) in [4.78, 5) is 37.3. The van der Waals surface area contributed by atoms with Gasteiger partial charge in [-0.15, -0.1) is 0 Å². The van der Waals surface area contributed by atoms with E-state index in [-0.39, 0.29) is 16.7 Å². The lowest BCUT2D eigenvalue weighted by atomic mass is 10.1. The van der Waals surface area contributed by atoms with Crippen molar-refractivity contribution >= 4 is 66.8 Å². The van der Waals surface area contributed by atoms with Gasteiger partial charge in [-0.05, 0) is 47.7 Å². The van der Waals surface area contributed by atoms with Gasteiger partial charge in [-0.3, -0.25) is 14.5 Å². The number of thioether (sulfide) groups is 1. The van der Waals surface area contributed by atoms with E-state index in [2.05, 4.69) is 31.9 Å². The Morgan fingerprint density at radius 3 is 2.64 bits per heavy atom. The number of carbonyl (C=O) groups is 3. The number of imide groups is 1. The molecule has 0 bridgehead atoms. The van der Waals surface area contributed by atoms with Gasteiger partial charge in [0.1, 0.15) is 5.75 Å². The number of aliphatic carboxylic acids is 1. The van der Waals surface area contributed by atoms with Crippen molar-refractivity contribution < 1.29 is 24.2 Å². The molecule has 0 spiro atoms. The third kappa shape index (κ3) is 4.84. The van der Waals surface area contributed by atoms with Crippen molar-refractivity contribution in [2.24, 2.45) is 0 Å². The molecule has 6 nitrogen and oxygen atoms in total. The van der Waals surface area contributed by atoms with Crippen LogP contribution < -0.4 is 4.74 Å². The average Bonchev–Trinajstić information content (AvgIpc) is 2.90. The Balaban J connectivity index is 1.86. The molecule has 1 heterocycles. The monoisotopic (exact) mass is 525 g/mol. The van der Waals surface area contributed by atoms with E-state index < -0.39 is 18.5 Å². The summed E-state index contributed by atoms with van der Waals surface area (Å²) >= 11 is 7.60. The van der Waals surface area contributed by atoms with Gasteiger partial charge in [-0.1, -0.05) is 50.1 Å². The van der Waals surface area contributed by atoms with Crippen molar-refractivity contribution in [3.63, 3.8) is 0 Å². The van der Waals surface area contributed by atoms with Crippen LogP contribution in [0, 0.1) is 0 Å². The predicted octanol–water partition coefficient (Wildman–Crippen LogP) is 4.91. The zero-order valence-corrected chi connectivity index (χ0v) is 18.2. The molecule has 1 aliphatic rings. The van der Waals surface area contributed by atoms with E-state index >= 15 is 0 Å². The summed E-state index contributed by atoms with van der Waals surface area (Å²) in [5.41, 5.74) is 1.32. The van der Waals surface area contributed by atoms with E-state index in [0.29, 0.717) is 11.3 Å². The third-order valence-corrected chi connectivity index (χ3v) is 5.94. The third-order valence-electron chi connectivity index (χ3n) is 3.77. The first kappa shape index (κ1) is 20.6. The van der Waals surface area contributed by atoms with Crippen LogP contribution in [-0.4, -0.2) is 33.7 Å². The standard InChI is InChI=1S/C19H13Br2NO5S/c20-13-5-6-15(27-10-17(23)24)12(7-13)8-16-18(25)22(19(26)28-16)9-11-3-1-2-4-14(11)21/h1-8H,9-10H2,(H,23,24)/b16-8+. The molecule has 2 amide bonds. The fraction of sp³-hybridized carbons (Fsp3) is 0.105. The number of carboxylic acids is 1. The molecule has 9 heteroatoms. The number of carbonyl (C=O) groups excluding carboxylic acids is 2. The zero-order chi connectivity index (χ0) is 20.3. The molecule has 1 saturated heterocycles. The number of halogens is 2. The summed E-state index contributed by atoms with van der Waals surface area (Å²) in [6.45, 7) is -0.351. The first-order valence-corrected chi connectivity index (χ1v) is 10.4. The lowest BCUT2D eigenvalue weighted by Gasteiger charge is -2.13. The normalized spacial score (nSPS) is 15.4. The number of hydrogen-bond donors (Lipinski definition) is 1. The Morgan fingerprint density at radius 2 is 1.93 bits per heavy atom. The summed E-state index contributed by atoms with van der Waals surface area (Å²) < 4.78 is 6.82. The molecule has 0 saturated carbocycles. The zero-order valence-electron chi connectivity index (χ0n) is 14.2. The maximum absolute atomic E-state index is 12.8. The molecule has 144 valence electrons. The Labute approximate surface area is 181 Å². The molecule has 0 atom stereocenters. The van der Waals surface area contributed by atoms with Crippen LogP contribution >= 0.6 is 43.6 Å². The number of amides is 2. The number of hydrogen-bond acceptors (Lipinski definition) is 5. The van der Waals surface area contributed by atoms with Crippen LogP contribution in [0.3, 0.4) is 0 Å². The molecule has 0 aliphatic carbocycles. The number of nitrogens with zero attached hydrogens (tertiary/aromatic N) is 1. The van der Waals surface area contributed by atoms with Crippen LogP contribution in [0.25, 0.3) is 6.08 Å². The van der Waals surface area contributed by atoms with Crippen LogP contribution in [0.5, 0.6) is 5.75 Å². The molecule has 0 radical (unpaired) electrons. The number of rotatable bonds is 6. The van der Waals surface area contributed by atoms with Crippen molar-refractivity contribution in [3.8, 4) is 5.75 Å². The number of ether oxygens (including phenoxy) is 1. The minimum Gasteiger partial charge on any atom is -0.481 e. The molecule has 1 fully saturated rings. The van der Waals surface area contributed by atoms with Gasteiger partial charge < -0.3 is 9.84 Å². The van der Waals surface area contributed by atoms with Gasteiger partial charge in [0.2, 0.25) is 0 Å². The lowest BCUT2D eigenvalue weighted by molar-refractivity contribution is -0.139. The summed E-state index contributed by atoms with van der Waals surface area (Å²) in [6.07, 6.45) is 1.53. The Morgan fingerprint density at radius 1 is 1.18 bits per heavy atom. The van der Waals surface area contributed by atoms with E-state index in [4.69, 9.17) is 9.84 Å². The predicted molar refractivity (Wildman–Crippen MR) is 113 cm³/mol. The van der Waals surface area contributed by atoms with Crippen LogP contribution in [0.4, 0.5) is 4.79 Å². The molecule has 1 N–H and O–H groups in total. The van der Waals surface area contributed by atoms with E-state index in [1.54, 1.807) is 18.2 Å². The SMILES string of the molecule is O=C(O)COc1ccc(Br)cc1/C=C1/SC(=O)N(Cc2ccccc2Br)C1=O. The lowest BCUT2D eigenvalue weighted by Crippen LogP contribution is -2.27. The van der Waals surface area contributed by atoms with Gasteiger partial charge in [-0.25, -0.2) is 4.79 Å². The van der Waals surface area contributed by atoms with Crippen molar-refractivity contribution in [3.05, 3.63) is 67.4 Å². The van der Waals surface area contributed by atoms with Gasteiger partial charge in [-0.2, -0.15) is 0 Å². The minimum absolute atomic E-state index is 0.157. The average molecular weight is 527 g/mol. The summed E-state index contributed by atoms with van der Waals surface area (Å²) in [5, 5.41) is 8.45. The van der Waals surface area contributed by atoms with Crippen LogP contribution in [-0.2, 0) is 16.1 Å². The topological polar surface area (TPSA) is 83.9 Å². The molecule has 1 aliphatic heterocycles. The summed E-state index contributed by atoms with van der Waals surface area (Å²) in [5.74, 6) is -1.21. The fourth-order valence-corrected chi connectivity index (χ4v) is 4.10. The number of benzene rings is 2. The highest BCUT2D eigenvalue weighted by atomic mass is 79.9. The molecule has 2 aromatic carbocycles. The highest BCUT2D eigenvalue weighted by Crippen LogP contribution is 2.36. The Kier molecular flexibility index (Phi) is 6.58. The second-order valence-electron chi connectivity index (χ2n) is 5.72. The number of carboxylic acid groups (broad SMARTS) is 1. The van der Waals surface area contributed by atoms with Crippen LogP contribution in [0.15, 0.2) is 56.3 Å². The maximum Gasteiger partial charge on any atom is 0.341 e. The van der Waals surface area contributed by atoms with Crippen molar-refractivity contribution in [1.29, 1.82) is 0 Å². The smallest absolute Gasteiger partial charge is 0.341 e. The molecule has 0 unspecified atom stereocenters. The Bertz CT molecular complexity index is 992. The molecule has 0 aromatic heterocycles. The van der Waals surface area contributed by atoms with Crippen molar-refractivity contribution in [1.82, 2.24) is 4.90 Å². The second-order valence-corrected chi connectivity index (χ2v) is 8.49. The molecular formula is C19H13Br2NO5S. The minimum atomic E-state index is -1.11. The summed E-state index contributed by atoms with van der Waals surface area (Å²) in [6, 6.07) is 12.4. The van der Waals surface area contributed by atoms with Gasteiger partial charge in [0.15, 0.2) is 6.61 Å². The summed E-state index contributed by atoms with van der Waals surface area (Å²) in [7, 11) is 0. The van der Waals surface area contributed by atoms with E-state index in [1.165, 1.54) is 11.0 Å². The van der Waals surface area contributed by atoms with Gasteiger partial charge in [0.05, 0.1) is 11.4 Å². The first-order chi connectivity index (χ1) is 13.3. The van der Waals surface area contributed by atoms with Crippen LogP contribution in [0.1, 0.15) is 11.1 Å². The van der Waals surface area contributed by atoms with Gasteiger partial charge in [0, 0.05) is 14.5 Å². The second kappa shape index (κ2) is 8.93.